The summed E-state index contributed by atoms with van der Waals surface area (Å²) in [7, 11) is -3.13. The average Bonchev–Trinajstić information content (AvgIpc) is 2.37. The van der Waals surface area contributed by atoms with Crippen molar-refractivity contribution in [3.63, 3.8) is 0 Å². The van der Waals surface area contributed by atoms with Gasteiger partial charge < -0.3 is 5.32 Å². The SMILES string of the molecule is Cc1cccnc1NCc1ccc(S(C)(=O)=O)cc1. The molecule has 1 heterocycles. The van der Waals surface area contributed by atoms with Crippen molar-refractivity contribution >= 4 is 15.7 Å². The molecule has 0 bridgehead atoms. The second-order valence-electron chi connectivity index (χ2n) is 4.44. The highest BCUT2D eigenvalue weighted by molar-refractivity contribution is 7.90. The Hall–Kier alpha value is -1.88. The highest BCUT2D eigenvalue weighted by Gasteiger charge is 2.06. The fraction of sp³-hybridized carbons (Fsp3) is 0.214. The molecule has 0 unspecified atom stereocenters. The van der Waals surface area contributed by atoms with Crippen molar-refractivity contribution in [3.05, 3.63) is 53.7 Å². The highest BCUT2D eigenvalue weighted by atomic mass is 32.2. The Morgan fingerprint density at radius 2 is 1.84 bits per heavy atom. The number of rotatable bonds is 4. The van der Waals surface area contributed by atoms with Gasteiger partial charge >= 0.3 is 0 Å². The molecule has 0 fully saturated rings. The lowest BCUT2D eigenvalue weighted by molar-refractivity contribution is 0.602. The van der Waals surface area contributed by atoms with Crippen molar-refractivity contribution in [1.82, 2.24) is 4.98 Å². The summed E-state index contributed by atoms with van der Waals surface area (Å²) in [4.78, 5) is 4.58. The second kappa shape index (κ2) is 5.40. The van der Waals surface area contributed by atoms with E-state index in [2.05, 4.69) is 10.3 Å². The first kappa shape index (κ1) is 13.5. The molecule has 100 valence electrons. The Morgan fingerprint density at radius 3 is 2.42 bits per heavy atom. The maximum Gasteiger partial charge on any atom is 0.175 e. The number of hydrogen-bond acceptors (Lipinski definition) is 4. The van der Waals surface area contributed by atoms with Crippen LogP contribution in [0.1, 0.15) is 11.1 Å². The minimum atomic E-state index is -3.13. The molecule has 0 aliphatic rings. The van der Waals surface area contributed by atoms with Gasteiger partial charge in [0, 0.05) is 19.0 Å². The van der Waals surface area contributed by atoms with Gasteiger partial charge in [0.25, 0.3) is 0 Å². The number of nitrogens with one attached hydrogen (secondary N) is 1. The first-order valence-electron chi connectivity index (χ1n) is 5.91. The number of sulfone groups is 1. The number of hydrogen-bond donors (Lipinski definition) is 1. The van der Waals surface area contributed by atoms with Crippen LogP contribution in [-0.4, -0.2) is 19.7 Å². The summed E-state index contributed by atoms with van der Waals surface area (Å²) < 4.78 is 22.7. The van der Waals surface area contributed by atoms with E-state index in [1.165, 1.54) is 6.26 Å². The molecule has 19 heavy (non-hydrogen) atoms. The molecule has 0 saturated carbocycles. The summed E-state index contributed by atoms with van der Waals surface area (Å²) >= 11 is 0. The standard InChI is InChI=1S/C14H16N2O2S/c1-11-4-3-9-15-14(11)16-10-12-5-7-13(8-6-12)19(2,17)18/h3-9H,10H2,1-2H3,(H,15,16). The van der Waals surface area contributed by atoms with Crippen LogP contribution in [0.3, 0.4) is 0 Å². The third-order valence-corrected chi connectivity index (χ3v) is 3.95. The molecule has 0 atom stereocenters. The zero-order valence-electron chi connectivity index (χ0n) is 10.9. The van der Waals surface area contributed by atoms with Gasteiger partial charge in [0.05, 0.1) is 4.90 Å². The molecule has 1 N–H and O–H groups in total. The molecule has 0 spiro atoms. The average molecular weight is 276 g/mol. The smallest absolute Gasteiger partial charge is 0.175 e. The van der Waals surface area contributed by atoms with Gasteiger partial charge in [-0.05, 0) is 36.2 Å². The van der Waals surface area contributed by atoms with E-state index < -0.39 is 9.84 Å². The van der Waals surface area contributed by atoms with Crippen molar-refractivity contribution in [2.45, 2.75) is 18.4 Å². The Kier molecular flexibility index (Phi) is 3.85. The third-order valence-electron chi connectivity index (χ3n) is 2.82. The fourth-order valence-corrected chi connectivity index (χ4v) is 2.34. The first-order chi connectivity index (χ1) is 8.97. The lowest BCUT2D eigenvalue weighted by atomic mass is 10.2. The first-order valence-corrected chi connectivity index (χ1v) is 7.80. The zero-order chi connectivity index (χ0) is 13.9. The van der Waals surface area contributed by atoms with Crippen LogP contribution in [0.2, 0.25) is 0 Å². The Bertz CT molecular complexity index is 664. The van der Waals surface area contributed by atoms with Gasteiger partial charge in [-0.2, -0.15) is 0 Å². The highest BCUT2D eigenvalue weighted by Crippen LogP contribution is 2.13. The lowest BCUT2D eigenvalue weighted by Gasteiger charge is -2.08. The van der Waals surface area contributed by atoms with Crippen molar-refractivity contribution in [2.24, 2.45) is 0 Å². The monoisotopic (exact) mass is 276 g/mol. The number of nitrogens with zero attached hydrogens (tertiary/aromatic N) is 1. The van der Waals surface area contributed by atoms with Crippen molar-refractivity contribution in [2.75, 3.05) is 11.6 Å². The number of aromatic nitrogens is 1. The predicted octanol–water partition coefficient (Wildman–Crippen LogP) is 2.41. The summed E-state index contributed by atoms with van der Waals surface area (Å²) in [5, 5.41) is 3.23. The molecular formula is C14H16N2O2S. The molecule has 0 saturated heterocycles. The summed E-state index contributed by atoms with van der Waals surface area (Å²) in [6, 6.07) is 10.7. The van der Waals surface area contributed by atoms with Crippen LogP contribution in [0.25, 0.3) is 0 Å². The maximum atomic E-state index is 11.3. The van der Waals surface area contributed by atoms with E-state index in [9.17, 15) is 8.42 Å². The molecule has 2 rings (SSSR count). The Morgan fingerprint density at radius 1 is 1.16 bits per heavy atom. The minimum absolute atomic E-state index is 0.338. The molecule has 0 aliphatic heterocycles. The molecule has 0 radical (unpaired) electrons. The molecule has 0 amide bonds. The van der Waals surface area contributed by atoms with E-state index in [1.54, 1.807) is 18.3 Å². The van der Waals surface area contributed by atoms with Gasteiger partial charge in [-0.3, -0.25) is 0 Å². The van der Waals surface area contributed by atoms with Crippen LogP contribution in [0.5, 0.6) is 0 Å². The number of pyridine rings is 1. The normalized spacial score (nSPS) is 11.3. The zero-order valence-corrected chi connectivity index (χ0v) is 11.7. The van der Waals surface area contributed by atoms with E-state index in [-0.39, 0.29) is 0 Å². The molecule has 0 aliphatic carbocycles. The molecular weight excluding hydrogens is 260 g/mol. The van der Waals surface area contributed by atoms with Crippen LogP contribution in [0.15, 0.2) is 47.5 Å². The Labute approximate surface area is 113 Å². The number of anilines is 1. The molecule has 5 heteroatoms. The number of aryl methyl sites for hydroxylation is 1. The van der Waals surface area contributed by atoms with E-state index in [4.69, 9.17) is 0 Å². The lowest BCUT2D eigenvalue weighted by Crippen LogP contribution is -2.03. The van der Waals surface area contributed by atoms with Gasteiger partial charge in [0.1, 0.15) is 5.82 Å². The summed E-state index contributed by atoms with van der Waals surface area (Å²) in [5.41, 5.74) is 2.09. The second-order valence-corrected chi connectivity index (χ2v) is 6.45. The van der Waals surface area contributed by atoms with Gasteiger partial charge in [0.2, 0.25) is 0 Å². The topological polar surface area (TPSA) is 59.1 Å². The van der Waals surface area contributed by atoms with Crippen LogP contribution >= 0.6 is 0 Å². The quantitative estimate of drug-likeness (QED) is 0.931. The Balaban J connectivity index is 2.07. The largest absolute Gasteiger partial charge is 0.366 e. The molecule has 4 nitrogen and oxygen atoms in total. The van der Waals surface area contributed by atoms with Gasteiger partial charge in [0.15, 0.2) is 9.84 Å². The molecule has 2 aromatic rings. The van der Waals surface area contributed by atoms with Crippen molar-refractivity contribution < 1.29 is 8.42 Å². The van der Waals surface area contributed by atoms with Gasteiger partial charge in [-0.1, -0.05) is 18.2 Å². The third kappa shape index (κ3) is 3.54. The fourth-order valence-electron chi connectivity index (χ4n) is 1.71. The van der Waals surface area contributed by atoms with Gasteiger partial charge in [-0.15, -0.1) is 0 Å². The van der Waals surface area contributed by atoms with Crippen LogP contribution < -0.4 is 5.32 Å². The molecule has 1 aromatic heterocycles. The minimum Gasteiger partial charge on any atom is -0.366 e. The van der Waals surface area contributed by atoms with Crippen LogP contribution in [0, 0.1) is 6.92 Å². The number of benzene rings is 1. The van der Waals surface area contributed by atoms with Gasteiger partial charge in [-0.25, -0.2) is 13.4 Å². The van der Waals surface area contributed by atoms with E-state index in [0.29, 0.717) is 11.4 Å². The summed E-state index contributed by atoms with van der Waals surface area (Å²) in [5.74, 6) is 0.842. The summed E-state index contributed by atoms with van der Waals surface area (Å²) in [6.45, 7) is 2.60. The predicted molar refractivity (Wildman–Crippen MR) is 75.9 cm³/mol. The summed E-state index contributed by atoms with van der Waals surface area (Å²) in [6.07, 6.45) is 2.94. The van der Waals surface area contributed by atoms with Crippen LogP contribution in [0.4, 0.5) is 5.82 Å². The van der Waals surface area contributed by atoms with Crippen molar-refractivity contribution in [3.8, 4) is 0 Å². The van der Waals surface area contributed by atoms with E-state index >= 15 is 0 Å². The van der Waals surface area contributed by atoms with Crippen LogP contribution in [-0.2, 0) is 16.4 Å². The van der Waals surface area contributed by atoms with E-state index in [1.807, 2.05) is 31.2 Å². The van der Waals surface area contributed by atoms with Crippen molar-refractivity contribution in [1.29, 1.82) is 0 Å². The van der Waals surface area contributed by atoms with E-state index in [0.717, 1.165) is 16.9 Å². The maximum absolute atomic E-state index is 11.3. The molecule has 1 aromatic carbocycles.